The van der Waals surface area contributed by atoms with E-state index >= 15 is 0 Å². The van der Waals surface area contributed by atoms with Crippen LogP contribution in [0, 0.1) is 0 Å². The highest BCUT2D eigenvalue weighted by atomic mass is 16.6. The standard InChI is InChI=1S/C15H14O2/c1-2-11-5-3-6-12-7-4-8-14(15(11)12)17-10-13-9-16-13/h2-8,13H,1,9-10H2. The number of fused-ring (bicyclic) bond motifs is 1. The van der Waals surface area contributed by atoms with Gasteiger partial charge in [0.25, 0.3) is 0 Å². The topological polar surface area (TPSA) is 21.8 Å². The van der Waals surface area contributed by atoms with Gasteiger partial charge in [0.1, 0.15) is 18.5 Å². The lowest BCUT2D eigenvalue weighted by atomic mass is 10.0. The molecule has 1 aliphatic heterocycles. The van der Waals surface area contributed by atoms with Crippen molar-refractivity contribution in [3.8, 4) is 5.75 Å². The Labute approximate surface area is 100 Å². The zero-order chi connectivity index (χ0) is 11.7. The Morgan fingerprint density at radius 3 is 2.76 bits per heavy atom. The van der Waals surface area contributed by atoms with Gasteiger partial charge in [-0.25, -0.2) is 0 Å². The molecule has 1 atom stereocenters. The van der Waals surface area contributed by atoms with Crippen LogP contribution in [-0.2, 0) is 4.74 Å². The summed E-state index contributed by atoms with van der Waals surface area (Å²) in [5.74, 6) is 0.911. The van der Waals surface area contributed by atoms with E-state index in [2.05, 4.69) is 24.8 Å². The molecular weight excluding hydrogens is 212 g/mol. The predicted octanol–water partition coefficient (Wildman–Crippen LogP) is 3.26. The van der Waals surface area contributed by atoms with Crippen LogP contribution in [0.5, 0.6) is 5.75 Å². The van der Waals surface area contributed by atoms with Crippen molar-refractivity contribution in [1.29, 1.82) is 0 Å². The van der Waals surface area contributed by atoms with Gasteiger partial charge in [-0.1, -0.05) is 43.0 Å². The summed E-state index contributed by atoms with van der Waals surface area (Å²) >= 11 is 0. The first kappa shape index (κ1) is 10.4. The van der Waals surface area contributed by atoms with Gasteiger partial charge in [0.05, 0.1) is 6.61 Å². The van der Waals surface area contributed by atoms with E-state index in [0.717, 1.165) is 23.3 Å². The summed E-state index contributed by atoms with van der Waals surface area (Å²) in [6, 6.07) is 12.3. The highest BCUT2D eigenvalue weighted by Crippen LogP contribution is 2.30. The highest BCUT2D eigenvalue weighted by Gasteiger charge is 2.23. The van der Waals surface area contributed by atoms with Gasteiger partial charge in [0.2, 0.25) is 0 Å². The molecule has 0 N–H and O–H groups in total. The third-order valence-electron chi connectivity index (χ3n) is 2.95. The Morgan fingerprint density at radius 2 is 2.06 bits per heavy atom. The molecule has 86 valence electrons. The molecule has 0 saturated carbocycles. The van der Waals surface area contributed by atoms with Crippen LogP contribution in [0.3, 0.4) is 0 Å². The summed E-state index contributed by atoms with van der Waals surface area (Å²) < 4.78 is 11.0. The first-order chi connectivity index (χ1) is 8.38. The molecule has 0 aliphatic carbocycles. The Bertz CT molecular complexity index is 551. The SMILES string of the molecule is C=Cc1cccc2cccc(OCC3CO3)c12. The van der Waals surface area contributed by atoms with E-state index in [-0.39, 0.29) is 6.10 Å². The van der Waals surface area contributed by atoms with Crippen LogP contribution in [0.1, 0.15) is 5.56 Å². The molecule has 0 bridgehead atoms. The number of rotatable bonds is 4. The molecule has 0 spiro atoms. The summed E-state index contributed by atoms with van der Waals surface area (Å²) in [6.07, 6.45) is 2.14. The van der Waals surface area contributed by atoms with E-state index in [0.29, 0.717) is 6.61 Å². The van der Waals surface area contributed by atoms with Crippen molar-refractivity contribution in [3.05, 3.63) is 48.5 Å². The van der Waals surface area contributed by atoms with Gasteiger partial charge >= 0.3 is 0 Å². The fraction of sp³-hybridized carbons (Fsp3) is 0.200. The molecule has 0 radical (unpaired) electrons. The number of ether oxygens (including phenoxy) is 2. The van der Waals surface area contributed by atoms with Crippen molar-refractivity contribution in [3.63, 3.8) is 0 Å². The van der Waals surface area contributed by atoms with Crippen LogP contribution in [0.25, 0.3) is 16.8 Å². The van der Waals surface area contributed by atoms with Crippen molar-refractivity contribution in [2.24, 2.45) is 0 Å². The minimum atomic E-state index is 0.279. The lowest BCUT2D eigenvalue weighted by Gasteiger charge is -2.10. The highest BCUT2D eigenvalue weighted by molar-refractivity contribution is 5.95. The molecule has 0 aromatic heterocycles. The maximum atomic E-state index is 5.81. The lowest BCUT2D eigenvalue weighted by Crippen LogP contribution is -2.04. The van der Waals surface area contributed by atoms with Gasteiger partial charge in [0.15, 0.2) is 0 Å². The maximum absolute atomic E-state index is 5.81. The molecule has 1 saturated heterocycles. The van der Waals surface area contributed by atoms with Gasteiger partial charge in [-0.05, 0) is 17.0 Å². The molecule has 2 aromatic rings. The van der Waals surface area contributed by atoms with E-state index in [1.807, 2.05) is 24.3 Å². The molecule has 1 fully saturated rings. The molecule has 17 heavy (non-hydrogen) atoms. The molecular formula is C15H14O2. The third kappa shape index (κ3) is 2.04. The van der Waals surface area contributed by atoms with Crippen LogP contribution in [0.15, 0.2) is 43.0 Å². The molecule has 2 aromatic carbocycles. The van der Waals surface area contributed by atoms with Crippen molar-refractivity contribution in [1.82, 2.24) is 0 Å². The molecule has 1 unspecified atom stereocenters. The third-order valence-corrected chi connectivity index (χ3v) is 2.95. The monoisotopic (exact) mass is 226 g/mol. The second kappa shape index (κ2) is 4.22. The van der Waals surface area contributed by atoms with E-state index in [1.54, 1.807) is 0 Å². The zero-order valence-corrected chi connectivity index (χ0v) is 9.56. The minimum Gasteiger partial charge on any atom is -0.490 e. The summed E-state index contributed by atoms with van der Waals surface area (Å²) in [7, 11) is 0. The molecule has 1 aliphatic rings. The number of hydrogen-bond acceptors (Lipinski definition) is 2. The average molecular weight is 226 g/mol. The van der Waals surface area contributed by atoms with Crippen molar-refractivity contribution in [2.45, 2.75) is 6.10 Å². The van der Waals surface area contributed by atoms with Crippen molar-refractivity contribution < 1.29 is 9.47 Å². The Kier molecular flexibility index (Phi) is 2.57. The van der Waals surface area contributed by atoms with Crippen molar-refractivity contribution in [2.75, 3.05) is 13.2 Å². The second-order valence-corrected chi connectivity index (χ2v) is 4.17. The molecule has 2 nitrogen and oxygen atoms in total. The van der Waals surface area contributed by atoms with Gasteiger partial charge in [-0.15, -0.1) is 0 Å². The first-order valence-electron chi connectivity index (χ1n) is 5.77. The zero-order valence-electron chi connectivity index (χ0n) is 9.56. The first-order valence-corrected chi connectivity index (χ1v) is 5.77. The summed E-state index contributed by atoms with van der Waals surface area (Å²) in [4.78, 5) is 0. The number of benzene rings is 2. The minimum absolute atomic E-state index is 0.279. The van der Waals surface area contributed by atoms with Crippen LogP contribution >= 0.6 is 0 Å². The smallest absolute Gasteiger partial charge is 0.127 e. The van der Waals surface area contributed by atoms with E-state index < -0.39 is 0 Å². The van der Waals surface area contributed by atoms with E-state index in [1.165, 1.54) is 5.39 Å². The van der Waals surface area contributed by atoms with Gasteiger partial charge < -0.3 is 9.47 Å². The molecule has 1 heterocycles. The normalized spacial score (nSPS) is 18.0. The fourth-order valence-electron chi connectivity index (χ4n) is 1.97. The lowest BCUT2D eigenvalue weighted by molar-refractivity contribution is 0.265. The van der Waals surface area contributed by atoms with Crippen LogP contribution in [-0.4, -0.2) is 19.3 Å². The summed E-state index contributed by atoms with van der Waals surface area (Å²) in [6.45, 7) is 5.30. The molecule has 0 amide bonds. The van der Waals surface area contributed by atoms with Gasteiger partial charge in [-0.3, -0.25) is 0 Å². The Balaban J connectivity index is 2.05. The van der Waals surface area contributed by atoms with E-state index in [4.69, 9.17) is 9.47 Å². The van der Waals surface area contributed by atoms with Crippen LogP contribution < -0.4 is 4.74 Å². The number of hydrogen-bond donors (Lipinski definition) is 0. The quantitative estimate of drug-likeness (QED) is 0.746. The molecule has 2 heteroatoms. The predicted molar refractivity (Wildman–Crippen MR) is 69.3 cm³/mol. The maximum Gasteiger partial charge on any atom is 0.127 e. The Morgan fingerprint density at radius 1 is 1.29 bits per heavy atom. The number of epoxide rings is 1. The average Bonchev–Trinajstić information content (AvgIpc) is 3.19. The van der Waals surface area contributed by atoms with Crippen LogP contribution in [0.2, 0.25) is 0 Å². The fourth-order valence-corrected chi connectivity index (χ4v) is 1.97. The van der Waals surface area contributed by atoms with Gasteiger partial charge in [0, 0.05) is 5.39 Å². The second-order valence-electron chi connectivity index (χ2n) is 4.17. The molecule has 3 rings (SSSR count). The van der Waals surface area contributed by atoms with Crippen molar-refractivity contribution >= 4 is 16.8 Å². The Hall–Kier alpha value is -1.80. The summed E-state index contributed by atoms with van der Waals surface area (Å²) in [5.41, 5.74) is 1.11. The van der Waals surface area contributed by atoms with Crippen LogP contribution in [0.4, 0.5) is 0 Å². The van der Waals surface area contributed by atoms with E-state index in [9.17, 15) is 0 Å². The summed E-state index contributed by atoms with van der Waals surface area (Å²) in [5, 5.41) is 2.31. The largest absolute Gasteiger partial charge is 0.490 e. The van der Waals surface area contributed by atoms with Gasteiger partial charge in [-0.2, -0.15) is 0 Å².